The smallest absolute Gasteiger partial charge is 0.146 e. The number of ether oxygens (including phenoxy) is 3. The first-order chi connectivity index (χ1) is 4.91. The fraction of sp³-hybridized carbons (Fsp3) is 1.00. The van der Waals surface area contributed by atoms with Gasteiger partial charge < -0.3 is 14.2 Å². The highest BCUT2D eigenvalue weighted by Gasteiger charge is 1.86. The predicted octanol–water partition coefficient (Wildman–Crippen LogP) is 0.593. The van der Waals surface area contributed by atoms with Crippen molar-refractivity contribution in [2.45, 2.75) is 0 Å². The Labute approximate surface area is 60.1 Å². The average molecular weight is 152 g/mol. The first-order valence-electron chi connectivity index (χ1n) is 3.12. The van der Waals surface area contributed by atoms with Crippen LogP contribution in [-0.2, 0) is 14.2 Å². The van der Waals surface area contributed by atoms with Crippen LogP contribution in [-0.4, -0.2) is 40.4 Å². The lowest BCUT2D eigenvalue weighted by molar-refractivity contribution is -0.0680. The van der Waals surface area contributed by atoms with Crippen molar-refractivity contribution >= 4 is 0 Å². The van der Waals surface area contributed by atoms with Crippen molar-refractivity contribution in [2.24, 2.45) is 0 Å². The molecule has 0 aliphatic rings. The van der Waals surface area contributed by atoms with Crippen LogP contribution < -0.4 is 0 Å². The van der Waals surface area contributed by atoms with Crippen molar-refractivity contribution in [3.05, 3.63) is 0 Å². The van der Waals surface area contributed by atoms with Crippen molar-refractivity contribution in [1.82, 2.24) is 0 Å². The monoisotopic (exact) mass is 152 g/mol. The standard InChI is InChI=1S/C6H13FO3/c1-8-4-5-10-6-9-3-2-7/h2-6H2,1H3. The van der Waals surface area contributed by atoms with Gasteiger partial charge in [0.1, 0.15) is 13.5 Å². The molecule has 62 valence electrons. The summed E-state index contributed by atoms with van der Waals surface area (Å²) >= 11 is 0. The van der Waals surface area contributed by atoms with E-state index in [4.69, 9.17) is 9.47 Å². The summed E-state index contributed by atoms with van der Waals surface area (Å²) in [5, 5.41) is 0. The summed E-state index contributed by atoms with van der Waals surface area (Å²) in [5.74, 6) is 0. The number of halogens is 1. The maximum atomic E-state index is 11.4. The Kier molecular flexibility index (Phi) is 8.64. The lowest BCUT2D eigenvalue weighted by Gasteiger charge is -2.02. The zero-order valence-corrected chi connectivity index (χ0v) is 6.14. The molecule has 3 nitrogen and oxygen atoms in total. The Bertz CT molecular complexity index is 53.0. The molecule has 0 rings (SSSR count). The molecule has 0 aliphatic heterocycles. The molecule has 0 aliphatic carbocycles. The van der Waals surface area contributed by atoms with E-state index in [1.54, 1.807) is 7.11 Å². The highest BCUT2D eigenvalue weighted by molar-refractivity contribution is 4.23. The van der Waals surface area contributed by atoms with E-state index >= 15 is 0 Å². The Morgan fingerprint density at radius 2 is 1.80 bits per heavy atom. The average Bonchev–Trinajstić information content (AvgIpc) is 1.97. The molecule has 0 bridgehead atoms. The Morgan fingerprint density at radius 3 is 2.40 bits per heavy atom. The van der Waals surface area contributed by atoms with Gasteiger partial charge in [0, 0.05) is 7.11 Å². The molecule has 0 heterocycles. The number of alkyl halides is 1. The van der Waals surface area contributed by atoms with E-state index in [9.17, 15) is 4.39 Å². The van der Waals surface area contributed by atoms with E-state index in [1.165, 1.54) is 0 Å². The highest BCUT2D eigenvalue weighted by Crippen LogP contribution is 1.79. The maximum absolute atomic E-state index is 11.4. The first kappa shape index (κ1) is 9.81. The van der Waals surface area contributed by atoms with Crippen LogP contribution >= 0.6 is 0 Å². The van der Waals surface area contributed by atoms with Gasteiger partial charge in [0.15, 0.2) is 0 Å². The van der Waals surface area contributed by atoms with E-state index in [2.05, 4.69) is 4.74 Å². The van der Waals surface area contributed by atoms with Crippen LogP contribution in [0.2, 0.25) is 0 Å². The molecule has 0 amide bonds. The van der Waals surface area contributed by atoms with Gasteiger partial charge >= 0.3 is 0 Å². The summed E-state index contributed by atoms with van der Waals surface area (Å²) in [6.07, 6.45) is 0. The summed E-state index contributed by atoms with van der Waals surface area (Å²) in [7, 11) is 1.59. The van der Waals surface area contributed by atoms with Crippen LogP contribution in [0.4, 0.5) is 4.39 Å². The zero-order valence-electron chi connectivity index (χ0n) is 6.14. The van der Waals surface area contributed by atoms with E-state index in [0.717, 1.165) is 0 Å². The Balaban J connectivity index is 2.65. The van der Waals surface area contributed by atoms with Gasteiger partial charge in [0.05, 0.1) is 19.8 Å². The van der Waals surface area contributed by atoms with Gasteiger partial charge in [-0.1, -0.05) is 0 Å². The molecular weight excluding hydrogens is 139 g/mol. The molecule has 0 aromatic rings. The topological polar surface area (TPSA) is 27.7 Å². The quantitative estimate of drug-likeness (QED) is 0.395. The van der Waals surface area contributed by atoms with E-state index in [1.807, 2.05) is 0 Å². The number of hydrogen-bond donors (Lipinski definition) is 0. The van der Waals surface area contributed by atoms with Crippen LogP contribution in [0.25, 0.3) is 0 Å². The van der Waals surface area contributed by atoms with Crippen LogP contribution in [0.3, 0.4) is 0 Å². The molecule has 0 unspecified atom stereocenters. The molecule has 4 heteroatoms. The predicted molar refractivity (Wildman–Crippen MR) is 34.6 cm³/mol. The molecular formula is C6H13FO3. The summed E-state index contributed by atoms with van der Waals surface area (Å²) in [6.45, 7) is 0.815. The highest BCUT2D eigenvalue weighted by atomic mass is 19.1. The minimum Gasteiger partial charge on any atom is -0.382 e. The second-order valence-electron chi connectivity index (χ2n) is 1.62. The van der Waals surface area contributed by atoms with Crippen LogP contribution in [0.5, 0.6) is 0 Å². The van der Waals surface area contributed by atoms with E-state index in [0.29, 0.717) is 13.2 Å². The fourth-order valence-electron chi connectivity index (χ4n) is 0.374. The lowest BCUT2D eigenvalue weighted by Crippen LogP contribution is -2.06. The van der Waals surface area contributed by atoms with Crippen molar-refractivity contribution in [1.29, 1.82) is 0 Å². The molecule has 0 spiro atoms. The van der Waals surface area contributed by atoms with Gasteiger partial charge in [-0.3, -0.25) is 0 Å². The number of methoxy groups -OCH3 is 1. The van der Waals surface area contributed by atoms with Gasteiger partial charge in [-0.15, -0.1) is 0 Å². The molecule has 0 aromatic heterocycles. The summed E-state index contributed by atoms with van der Waals surface area (Å²) in [6, 6.07) is 0. The summed E-state index contributed by atoms with van der Waals surface area (Å²) < 4.78 is 25.6. The minimum atomic E-state index is -0.465. The minimum absolute atomic E-state index is 0.104. The van der Waals surface area contributed by atoms with E-state index in [-0.39, 0.29) is 13.4 Å². The molecule has 0 saturated carbocycles. The van der Waals surface area contributed by atoms with Crippen molar-refractivity contribution in [2.75, 3.05) is 40.4 Å². The van der Waals surface area contributed by atoms with Crippen molar-refractivity contribution in [3.63, 3.8) is 0 Å². The molecule has 0 fully saturated rings. The van der Waals surface area contributed by atoms with Gasteiger partial charge in [-0.25, -0.2) is 4.39 Å². The van der Waals surface area contributed by atoms with Crippen LogP contribution in [0.1, 0.15) is 0 Å². The normalized spacial score (nSPS) is 10.2. The second-order valence-corrected chi connectivity index (χ2v) is 1.62. The van der Waals surface area contributed by atoms with E-state index < -0.39 is 6.67 Å². The largest absolute Gasteiger partial charge is 0.382 e. The maximum Gasteiger partial charge on any atom is 0.146 e. The Morgan fingerprint density at radius 1 is 1.10 bits per heavy atom. The molecule has 0 saturated heterocycles. The fourth-order valence-corrected chi connectivity index (χ4v) is 0.374. The third-order valence-corrected chi connectivity index (χ3v) is 0.820. The first-order valence-corrected chi connectivity index (χ1v) is 3.12. The molecule has 0 radical (unpaired) electrons. The summed E-state index contributed by atoms with van der Waals surface area (Å²) in [5.41, 5.74) is 0. The van der Waals surface area contributed by atoms with Gasteiger partial charge in [-0.2, -0.15) is 0 Å². The molecule has 0 atom stereocenters. The van der Waals surface area contributed by atoms with Gasteiger partial charge in [0.25, 0.3) is 0 Å². The third-order valence-electron chi connectivity index (χ3n) is 0.820. The number of rotatable bonds is 7. The number of hydrogen-bond acceptors (Lipinski definition) is 3. The third kappa shape index (κ3) is 7.81. The van der Waals surface area contributed by atoms with Crippen molar-refractivity contribution in [3.8, 4) is 0 Å². The van der Waals surface area contributed by atoms with Gasteiger partial charge in [0.2, 0.25) is 0 Å². The second kappa shape index (κ2) is 8.81. The van der Waals surface area contributed by atoms with Crippen molar-refractivity contribution < 1.29 is 18.6 Å². The molecule has 10 heavy (non-hydrogen) atoms. The zero-order chi connectivity index (χ0) is 7.66. The molecule has 0 aromatic carbocycles. The van der Waals surface area contributed by atoms with Crippen LogP contribution in [0.15, 0.2) is 0 Å². The van der Waals surface area contributed by atoms with Crippen LogP contribution in [0, 0.1) is 0 Å². The SMILES string of the molecule is COCCOCOCCF. The lowest BCUT2D eigenvalue weighted by atomic mass is 10.8. The summed E-state index contributed by atoms with van der Waals surface area (Å²) in [4.78, 5) is 0. The Hall–Kier alpha value is -0.190. The molecule has 0 N–H and O–H groups in total. The van der Waals surface area contributed by atoms with Gasteiger partial charge in [-0.05, 0) is 0 Å².